The molecule has 14 heavy (non-hydrogen) atoms. The first kappa shape index (κ1) is 9.50. The van der Waals surface area contributed by atoms with Crippen LogP contribution in [-0.4, -0.2) is 0 Å². The predicted octanol–water partition coefficient (Wildman–Crippen LogP) is 3.51. The van der Waals surface area contributed by atoms with Gasteiger partial charge in [0.2, 0.25) is 0 Å². The van der Waals surface area contributed by atoms with E-state index in [1.165, 1.54) is 0 Å². The zero-order valence-corrected chi connectivity index (χ0v) is 8.75. The van der Waals surface area contributed by atoms with Gasteiger partial charge in [-0.25, -0.2) is 0 Å². The monoisotopic (exact) mass is 205 g/mol. The van der Waals surface area contributed by atoms with Crippen LogP contribution in [0, 0.1) is 0 Å². The van der Waals surface area contributed by atoms with E-state index in [2.05, 4.69) is 6.07 Å². The van der Waals surface area contributed by atoms with Gasteiger partial charge in [-0.3, -0.25) is 0 Å². The summed E-state index contributed by atoms with van der Waals surface area (Å²) in [5, 5.41) is 3.00. The average molecular weight is 206 g/mol. The van der Waals surface area contributed by atoms with Gasteiger partial charge in [0, 0.05) is 11.4 Å². The fourth-order valence-electron chi connectivity index (χ4n) is 1.60. The molecule has 0 fully saturated rings. The summed E-state index contributed by atoms with van der Waals surface area (Å²) in [6.07, 6.45) is 0. The first-order valence-electron chi connectivity index (χ1n) is 4.63. The van der Waals surface area contributed by atoms with Crippen molar-refractivity contribution in [1.82, 2.24) is 0 Å². The number of nitrogens with two attached hydrogens (primary N) is 1. The van der Waals surface area contributed by atoms with Gasteiger partial charge in [-0.2, -0.15) is 0 Å². The normalized spacial score (nSPS) is 13.1. The van der Waals surface area contributed by atoms with E-state index in [4.69, 9.17) is 17.3 Å². The van der Waals surface area contributed by atoms with Crippen molar-refractivity contribution in [2.45, 2.75) is 13.0 Å². The first-order chi connectivity index (χ1) is 6.70. The second-order valence-electron chi connectivity index (χ2n) is 3.48. The van der Waals surface area contributed by atoms with Crippen molar-refractivity contribution in [3.05, 3.63) is 47.0 Å². The van der Waals surface area contributed by atoms with Gasteiger partial charge in [0.15, 0.2) is 0 Å². The Hall–Kier alpha value is -1.05. The Kier molecular flexibility index (Phi) is 2.44. The summed E-state index contributed by atoms with van der Waals surface area (Å²) >= 11 is 6.26. The van der Waals surface area contributed by atoms with Crippen LogP contribution in [0.25, 0.3) is 10.8 Å². The second-order valence-corrected chi connectivity index (χ2v) is 3.86. The number of rotatable bonds is 1. The van der Waals surface area contributed by atoms with E-state index in [0.29, 0.717) is 0 Å². The van der Waals surface area contributed by atoms with Crippen LogP contribution >= 0.6 is 11.6 Å². The van der Waals surface area contributed by atoms with Gasteiger partial charge in [-0.15, -0.1) is 0 Å². The maximum absolute atomic E-state index is 6.26. The Morgan fingerprint density at radius 2 is 1.86 bits per heavy atom. The molecule has 0 aliphatic rings. The molecule has 0 aromatic heterocycles. The molecule has 2 rings (SSSR count). The third-order valence-corrected chi connectivity index (χ3v) is 2.81. The van der Waals surface area contributed by atoms with Gasteiger partial charge in [-0.1, -0.05) is 48.0 Å². The number of halogens is 1. The van der Waals surface area contributed by atoms with Gasteiger partial charge >= 0.3 is 0 Å². The van der Waals surface area contributed by atoms with Crippen LogP contribution in [0.15, 0.2) is 36.4 Å². The molecule has 0 aliphatic carbocycles. The third-order valence-electron chi connectivity index (χ3n) is 2.38. The van der Waals surface area contributed by atoms with Crippen LogP contribution in [-0.2, 0) is 0 Å². The molecule has 0 saturated heterocycles. The minimum atomic E-state index is -0.0212. The topological polar surface area (TPSA) is 26.0 Å². The molecule has 1 nitrogen and oxygen atoms in total. The Morgan fingerprint density at radius 3 is 2.57 bits per heavy atom. The highest BCUT2D eigenvalue weighted by atomic mass is 35.5. The highest BCUT2D eigenvalue weighted by Gasteiger charge is 2.07. The quantitative estimate of drug-likeness (QED) is 0.758. The Balaban J connectivity index is 2.75. The molecule has 0 radical (unpaired) electrons. The van der Waals surface area contributed by atoms with E-state index < -0.39 is 0 Å². The fourth-order valence-corrected chi connectivity index (χ4v) is 2.01. The number of benzene rings is 2. The van der Waals surface area contributed by atoms with Gasteiger partial charge in [-0.05, 0) is 17.9 Å². The van der Waals surface area contributed by atoms with E-state index in [1.54, 1.807) is 0 Å². The standard InChI is InChI=1S/C12H12ClN/c1-8(14)10-7-6-9-4-2-3-5-11(9)12(10)13/h2-8H,14H2,1H3. The van der Waals surface area contributed by atoms with E-state index in [0.717, 1.165) is 21.4 Å². The molecular weight excluding hydrogens is 194 g/mol. The molecule has 2 aromatic carbocycles. The third kappa shape index (κ3) is 1.49. The van der Waals surface area contributed by atoms with Crippen LogP contribution in [0.2, 0.25) is 5.02 Å². The summed E-state index contributed by atoms with van der Waals surface area (Å²) in [7, 11) is 0. The predicted molar refractivity (Wildman–Crippen MR) is 61.6 cm³/mol. The summed E-state index contributed by atoms with van der Waals surface area (Å²) in [6.45, 7) is 1.94. The van der Waals surface area contributed by atoms with Crippen molar-refractivity contribution in [2.75, 3.05) is 0 Å². The van der Waals surface area contributed by atoms with Crippen LogP contribution in [0.5, 0.6) is 0 Å². The van der Waals surface area contributed by atoms with Crippen molar-refractivity contribution in [3.63, 3.8) is 0 Å². The molecule has 0 heterocycles. The highest BCUT2D eigenvalue weighted by Crippen LogP contribution is 2.29. The summed E-state index contributed by atoms with van der Waals surface area (Å²) in [6, 6.07) is 12.1. The maximum Gasteiger partial charge on any atom is 0.0532 e. The fraction of sp³-hybridized carbons (Fsp3) is 0.167. The molecule has 72 valence electrons. The molecule has 2 N–H and O–H groups in total. The number of hydrogen-bond donors (Lipinski definition) is 1. The lowest BCUT2D eigenvalue weighted by Gasteiger charge is -2.10. The van der Waals surface area contributed by atoms with Crippen molar-refractivity contribution in [2.24, 2.45) is 5.73 Å². The first-order valence-corrected chi connectivity index (χ1v) is 5.00. The summed E-state index contributed by atoms with van der Waals surface area (Å²) < 4.78 is 0. The van der Waals surface area contributed by atoms with Crippen LogP contribution < -0.4 is 5.73 Å². The minimum absolute atomic E-state index is 0.0212. The molecule has 2 aromatic rings. The highest BCUT2D eigenvalue weighted by molar-refractivity contribution is 6.36. The lowest BCUT2D eigenvalue weighted by molar-refractivity contribution is 0.820. The molecule has 0 spiro atoms. The van der Waals surface area contributed by atoms with E-state index >= 15 is 0 Å². The molecule has 1 unspecified atom stereocenters. The van der Waals surface area contributed by atoms with Crippen LogP contribution in [0.4, 0.5) is 0 Å². The molecule has 0 aliphatic heterocycles. The minimum Gasteiger partial charge on any atom is -0.324 e. The molecular formula is C12H12ClN. The molecule has 0 saturated carbocycles. The van der Waals surface area contributed by atoms with Crippen LogP contribution in [0.3, 0.4) is 0 Å². The van der Waals surface area contributed by atoms with Gasteiger partial charge in [0.1, 0.15) is 0 Å². The average Bonchev–Trinajstić information content (AvgIpc) is 2.18. The van der Waals surface area contributed by atoms with Gasteiger partial charge < -0.3 is 5.73 Å². The number of fused-ring (bicyclic) bond motifs is 1. The van der Waals surface area contributed by atoms with Crippen molar-refractivity contribution in [1.29, 1.82) is 0 Å². The smallest absolute Gasteiger partial charge is 0.0532 e. The van der Waals surface area contributed by atoms with Gasteiger partial charge in [0.25, 0.3) is 0 Å². The van der Waals surface area contributed by atoms with E-state index in [-0.39, 0.29) is 6.04 Å². The second kappa shape index (κ2) is 3.60. The zero-order valence-electron chi connectivity index (χ0n) is 8.00. The lowest BCUT2D eigenvalue weighted by atomic mass is 10.0. The molecule has 0 bridgehead atoms. The Morgan fingerprint density at radius 1 is 1.14 bits per heavy atom. The summed E-state index contributed by atoms with van der Waals surface area (Å²) in [4.78, 5) is 0. The van der Waals surface area contributed by atoms with E-state index in [9.17, 15) is 0 Å². The molecule has 0 amide bonds. The molecule has 1 atom stereocenters. The van der Waals surface area contributed by atoms with Gasteiger partial charge in [0.05, 0.1) is 5.02 Å². The summed E-state index contributed by atoms with van der Waals surface area (Å²) in [5.74, 6) is 0. The van der Waals surface area contributed by atoms with Crippen molar-refractivity contribution in [3.8, 4) is 0 Å². The van der Waals surface area contributed by atoms with Crippen molar-refractivity contribution < 1.29 is 0 Å². The van der Waals surface area contributed by atoms with Crippen LogP contribution in [0.1, 0.15) is 18.5 Å². The largest absolute Gasteiger partial charge is 0.324 e. The van der Waals surface area contributed by atoms with E-state index in [1.807, 2.05) is 37.3 Å². The summed E-state index contributed by atoms with van der Waals surface area (Å²) in [5.41, 5.74) is 6.83. The Bertz CT molecular complexity index is 463. The maximum atomic E-state index is 6.26. The lowest BCUT2D eigenvalue weighted by Crippen LogP contribution is -2.05. The van der Waals surface area contributed by atoms with Crippen molar-refractivity contribution >= 4 is 22.4 Å². The SMILES string of the molecule is CC(N)c1ccc2ccccc2c1Cl. The zero-order chi connectivity index (χ0) is 10.1. The Labute approximate surface area is 88.5 Å². The number of hydrogen-bond acceptors (Lipinski definition) is 1. The molecule has 2 heteroatoms.